The molecule has 0 spiro atoms. The average molecular weight is 437 g/mol. The van der Waals surface area contributed by atoms with Crippen LogP contribution in [0.2, 0.25) is 10.0 Å². The van der Waals surface area contributed by atoms with Crippen molar-refractivity contribution in [3.05, 3.63) is 52.5 Å². The maximum Gasteiger partial charge on any atom is 0.344 e. The van der Waals surface area contributed by atoms with Crippen molar-refractivity contribution < 1.29 is 19.1 Å². The van der Waals surface area contributed by atoms with Crippen molar-refractivity contribution in [3.63, 3.8) is 0 Å². The van der Waals surface area contributed by atoms with E-state index in [9.17, 15) is 14.4 Å². The third-order valence-electron chi connectivity index (χ3n) is 4.53. The maximum absolute atomic E-state index is 12.9. The Labute approximate surface area is 175 Å². The molecule has 1 saturated heterocycles. The summed E-state index contributed by atoms with van der Waals surface area (Å²) >= 11 is 13.2. The summed E-state index contributed by atoms with van der Waals surface area (Å²) in [6.07, 6.45) is 0.576. The van der Waals surface area contributed by atoms with Crippen molar-refractivity contribution >= 4 is 64.1 Å². The molecule has 9 heteroatoms. The lowest BCUT2D eigenvalue weighted by Gasteiger charge is -2.28. The predicted octanol–water partition coefficient (Wildman–Crippen LogP) is 4.10. The van der Waals surface area contributed by atoms with Gasteiger partial charge in [-0.15, -0.1) is 0 Å². The standard InChI is InChI=1S/C19H14Cl2N2O4S/c20-11-5-6-12(21)13(9-11)22-16(24)10-27-18(26)19-8-7-17(25)23(19)14-3-1-2-4-15(14)28-19/h1-6,9H,7-8,10H2,(H,22,24). The maximum atomic E-state index is 12.9. The zero-order valence-electron chi connectivity index (χ0n) is 14.4. The van der Waals surface area contributed by atoms with Crippen LogP contribution in [0.4, 0.5) is 11.4 Å². The summed E-state index contributed by atoms with van der Waals surface area (Å²) in [5, 5.41) is 3.29. The predicted molar refractivity (Wildman–Crippen MR) is 108 cm³/mol. The molecule has 0 radical (unpaired) electrons. The fourth-order valence-electron chi connectivity index (χ4n) is 3.30. The number of carbonyl (C=O) groups is 3. The highest BCUT2D eigenvalue weighted by Crippen LogP contribution is 2.56. The molecule has 6 nitrogen and oxygen atoms in total. The smallest absolute Gasteiger partial charge is 0.344 e. The topological polar surface area (TPSA) is 75.7 Å². The molecule has 1 fully saturated rings. The lowest BCUT2D eigenvalue weighted by Crippen LogP contribution is -2.48. The van der Waals surface area contributed by atoms with E-state index in [4.69, 9.17) is 27.9 Å². The number of nitrogens with zero attached hydrogens (tertiary/aromatic N) is 1. The monoisotopic (exact) mass is 436 g/mol. The van der Waals surface area contributed by atoms with Crippen LogP contribution < -0.4 is 10.2 Å². The van der Waals surface area contributed by atoms with Crippen LogP contribution in [0.25, 0.3) is 0 Å². The Morgan fingerprint density at radius 1 is 1.21 bits per heavy atom. The average Bonchev–Trinajstić information content (AvgIpc) is 3.18. The molecule has 0 aliphatic carbocycles. The number of nitrogens with one attached hydrogen (secondary N) is 1. The van der Waals surface area contributed by atoms with E-state index in [1.165, 1.54) is 22.7 Å². The molecule has 1 atom stereocenters. The van der Waals surface area contributed by atoms with E-state index in [0.717, 1.165) is 4.90 Å². The van der Waals surface area contributed by atoms with Gasteiger partial charge in [0.1, 0.15) is 0 Å². The lowest BCUT2D eigenvalue weighted by molar-refractivity contribution is -0.149. The molecule has 2 aliphatic rings. The van der Waals surface area contributed by atoms with Gasteiger partial charge in [-0.05, 0) is 30.3 Å². The van der Waals surface area contributed by atoms with E-state index in [-0.39, 0.29) is 12.3 Å². The van der Waals surface area contributed by atoms with E-state index in [1.54, 1.807) is 18.2 Å². The van der Waals surface area contributed by atoms with Gasteiger partial charge < -0.3 is 10.1 Å². The van der Waals surface area contributed by atoms with Gasteiger partial charge in [0.15, 0.2) is 11.5 Å². The quantitative estimate of drug-likeness (QED) is 0.729. The van der Waals surface area contributed by atoms with Crippen LogP contribution in [-0.4, -0.2) is 29.3 Å². The zero-order chi connectivity index (χ0) is 19.9. The number of hydrogen-bond donors (Lipinski definition) is 1. The first-order chi connectivity index (χ1) is 13.4. The van der Waals surface area contributed by atoms with Gasteiger partial charge in [-0.1, -0.05) is 47.1 Å². The Hall–Kier alpha value is -2.22. The molecular formula is C19H14Cl2N2O4S. The van der Waals surface area contributed by atoms with Gasteiger partial charge in [-0.25, -0.2) is 4.79 Å². The molecule has 0 aromatic heterocycles. The number of fused-ring (bicyclic) bond motifs is 3. The Morgan fingerprint density at radius 2 is 2.00 bits per heavy atom. The summed E-state index contributed by atoms with van der Waals surface area (Å²) in [7, 11) is 0. The molecular weight excluding hydrogens is 423 g/mol. The van der Waals surface area contributed by atoms with Crippen molar-refractivity contribution in [2.45, 2.75) is 22.6 Å². The number of carbonyl (C=O) groups excluding carboxylic acids is 3. The van der Waals surface area contributed by atoms with Gasteiger partial charge in [0.25, 0.3) is 5.91 Å². The van der Waals surface area contributed by atoms with Gasteiger partial charge in [0.05, 0.1) is 16.4 Å². The van der Waals surface area contributed by atoms with Gasteiger partial charge in [-0.3, -0.25) is 14.5 Å². The van der Waals surface area contributed by atoms with Gasteiger partial charge in [0, 0.05) is 22.8 Å². The fourth-order valence-corrected chi connectivity index (χ4v) is 5.04. The first-order valence-electron chi connectivity index (χ1n) is 8.44. The zero-order valence-corrected chi connectivity index (χ0v) is 16.7. The summed E-state index contributed by atoms with van der Waals surface area (Å²) in [6, 6.07) is 12.0. The van der Waals surface area contributed by atoms with Gasteiger partial charge in [-0.2, -0.15) is 0 Å². The summed E-state index contributed by atoms with van der Waals surface area (Å²) < 4.78 is 5.27. The van der Waals surface area contributed by atoms with E-state index < -0.39 is 23.4 Å². The van der Waals surface area contributed by atoms with Crippen molar-refractivity contribution in [2.24, 2.45) is 0 Å². The van der Waals surface area contributed by atoms with Gasteiger partial charge >= 0.3 is 5.97 Å². The van der Waals surface area contributed by atoms with E-state index in [2.05, 4.69) is 5.32 Å². The second-order valence-electron chi connectivity index (χ2n) is 6.33. The Morgan fingerprint density at radius 3 is 2.82 bits per heavy atom. The number of anilines is 2. The molecule has 2 amide bonds. The Kier molecular flexibility index (Phi) is 4.99. The van der Waals surface area contributed by atoms with Crippen LogP contribution in [0.5, 0.6) is 0 Å². The molecule has 2 aromatic rings. The number of thioether (sulfide) groups is 1. The molecule has 1 N–H and O–H groups in total. The van der Waals surface area contributed by atoms with Crippen molar-refractivity contribution in [1.29, 1.82) is 0 Å². The Bertz CT molecular complexity index is 1000. The second-order valence-corrected chi connectivity index (χ2v) is 8.49. The van der Waals surface area contributed by atoms with Crippen LogP contribution in [0.3, 0.4) is 0 Å². The number of ether oxygens (including phenoxy) is 1. The molecule has 2 heterocycles. The highest BCUT2D eigenvalue weighted by Gasteiger charge is 2.58. The second kappa shape index (κ2) is 7.31. The molecule has 2 aromatic carbocycles. The van der Waals surface area contributed by atoms with Crippen molar-refractivity contribution in [3.8, 4) is 0 Å². The molecule has 0 saturated carbocycles. The summed E-state index contributed by atoms with van der Waals surface area (Å²) in [4.78, 5) is 38.6. The minimum absolute atomic E-state index is 0.135. The molecule has 28 heavy (non-hydrogen) atoms. The fraction of sp³-hybridized carbons (Fsp3) is 0.211. The van der Waals surface area contributed by atoms with Crippen molar-refractivity contribution in [2.75, 3.05) is 16.8 Å². The van der Waals surface area contributed by atoms with Crippen LogP contribution in [-0.2, 0) is 19.1 Å². The summed E-state index contributed by atoms with van der Waals surface area (Å²) in [6.45, 7) is -0.498. The minimum Gasteiger partial charge on any atom is -0.453 e. The van der Waals surface area contributed by atoms with Gasteiger partial charge in [0.2, 0.25) is 5.91 Å². The summed E-state index contributed by atoms with van der Waals surface area (Å²) in [5.74, 6) is -1.30. The van der Waals surface area contributed by atoms with Crippen molar-refractivity contribution in [1.82, 2.24) is 0 Å². The highest BCUT2D eigenvalue weighted by atomic mass is 35.5. The van der Waals surface area contributed by atoms with Crippen LogP contribution in [0.1, 0.15) is 12.8 Å². The normalized spacial score (nSPS) is 19.9. The number of para-hydroxylation sites is 1. The van der Waals surface area contributed by atoms with Crippen LogP contribution in [0, 0.1) is 0 Å². The largest absolute Gasteiger partial charge is 0.453 e. The molecule has 4 rings (SSSR count). The molecule has 2 aliphatic heterocycles. The number of halogens is 2. The number of rotatable bonds is 4. The Balaban J connectivity index is 1.46. The molecule has 0 bridgehead atoms. The van der Waals surface area contributed by atoms with Crippen LogP contribution >= 0.6 is 35.0 Å². The van der Waals surface area contributed by atoms with Crippen LogP contribution in [0.15, 0.2) is 47.4 Å². The first-order valence-corrected chi connectivity index (χ1v) is 10.0. The number of amides is 2. The number of hydrogen-bond acceptors (Lipinski definition) is 5. The van der Waals surface area contributed by atoms with E-state index in [1.807, 2.05) is 18.2 Å². The number of benzene rings is 2. The molecule has 1 unspecified atom stereocenters. The number of esters is 1. The van der Waals surface area contributed by atoms with E-state index in [0.29, 0.717) is 27.8 Å². The lowest BCUT2D eigenvalue weighted by atomic mass is 10.2. The third kappa shape index (κ3) is 3.23. The minimum atomic E-state index is -1.16. The first kappa shape index (κ1) is 19.1. The summed E-state index contributed by atoms with van der Waals surface area (Å²) in [5.41, 5.74) is 1.02. The highest BCUT2D eigenvalue weighted by molar-refractivity contribution is 8.02. The third-order valence-corrected chi connectivity index (χ3v) is 6.55. The van der Waals surface area contributed by atoms with E-state index >= 15 is 0 Å². The molecule has 144 valence electrons. The SMILES string of the molecule is O=C(COC(=O)C12CCC(=O)N1c1ccccc1S2)Nc1cc(Cl)ccc1Cl.